The molecule has 0 aromatic rings. The summed E-state index contributed by atoms with van der Waals surface area (Å²) in [7, 11) is 0. The van der Waals surface area contributed by atoms with Gasteiger partial charge in [-0.2, -0.15) is 0 Å². The summed E-state index contributed by atoms with van der Waals surface area (Å²) < 4.78 is 5.48. The Labute approximate surface area is 126 Å². The minimum atomic E-state index is -0.787. The summed E-state index contributed by atoms with van der Waals surface area (Å²) in [4.78, 5) is 23.3. The standard InChI is InChI=1S/C16H27NO4/c1-2-21-13-8-12(9-13)17-14(18)10-16(11-15(19)20)6-4-3-5-7-16/h12-13H,2-11H2,1H3,(H,17,18)(H,19,20). The molecule has 2 fully saturated rings. The number of carboxylic acid groups (broad SMARTS) is 1. The van der Waals surface area contributed by atoms with Crippen LogP contribution >= 0.6 is 0 Å². The zero-order valence-corrected chi connectivity index (χ0v) is 12.9. The number of ether oxygens (including phenoxy) is 1. The van der Waals surface area contributed by atoms with Crippen LogP contribution < -0.4 is 5.32 Å². The third-order valence-electron chi connectivity index (χ3n) is 4.84. The summed E-state index contributed by atoms with van der Waals surface area (Å²) in [5.74, 6) is -0.775. The monoisotopic (exact) mass is 297 g/mol. The first-order valence-corrected chi connectivity index (χ1v) is 8.16. The Bertz CT molecular complexity index is 370. The fourth-order valence-electron chi connectivity index (χ4n) is 3.71. The Morgan fingerprint density at radius 3 is 2.43 bits per heavy atom. The SMILES string of the molecule is CCOC1CC(NC(=O)CC2(CC(=O)O)CCCCC2)C1. The van der Waals surface area contributed by atoms with Crippen LogP contribution in [0.2, 0.25) is 0 Å². The third kappa shape index (κ3) is 4.70. The van der Waals surface area contributed by atoms with E-state index >= 15 is 0 Å². The number of amides is 1. The van der Waals surface area contributed by atoms with E-state index in [1.807, 2.05) is 6.92 Å². The quantitative estimate of drug-likeness (QED) is 0.757. The van der Waals surface area contributed by atoms with E-state index in [2.05, 4.69) is 5.32 Å². The van der Waals surface area contributed by atoms with Crippen molar-refractivity contribution < 1.29 is 19.4 Å². The first-order chi connectivity index (χ1) is 10.0. The van der Waals surface area contributed by atoms with Gasteiger partial charge in [0.25, 0.3) is 0 Å². The van der Waals surface area contributed by atoms with E-state index in [0.717, 1.165) is 44.9 Å². The zero-order chi connectivity index (χ0) is 15.3. The highest BCUT2D eigenvalue weighted by Crippen LogP contribution is 2.42. The minimum absolute atomic E-state index is 0.0121. The van der Waals surface area contributed by atoms with Gasteiger partial charge in [-0.15, -0.1) is 0 Å². The van der Waals surface area contributed by atoms with Gasteiger partial charge in [0.2, 0.25) is 5.91 Å². The molecule has 5 heteroatoms. The van der Waals surface area contributed by atoms with Gasteiger partial charge in [-0.05, 0) is 38.0 Å². The molecule has 0 aromatic heterocycles. The van der Waals surface area contributed by atoms with Crippen molar-refractivity contribution in [2.24, 2.45) is 5.41 Å². The smallest absolute Gasteiger partial charge is 0.303 e. The van der Waals surface area contributed by atoms with Gasteiger partial charge in [-0.1, -0.05) is 19.3 Å². The largest absolute Gasteiger partial charge is 0.481 e. The maximum atomic E-state index is 12.2. The van der Waals surface area contributed by atoms with Crippen LogP contribution in [0.25, 0.3) is 0 Å². The van der Waals surface area contributed by atoms with Crippen LogP contribution in [-0.4, -0.2) is 35.7 Å². The lowest BCUT2D eigenvalue weighted by Crippen LogP contribution is -2.49. The van der Waals surface area contributed by atoms with Crippen LogP contribution in [0.5, 0.6) is 0 Å². The molecule has 2 N–H and O–H groups in total. The van der Waals surface area contributed by atoms with Gasteiger partial charge in [-0.3, -0.25) is 9.59 Å². The van der Waals surface area contributed by atoms with Crippen LogP contribution in [0.4, 0.5) is 0 Å². The molecule has 0 aliphatic heterocycles. The van der Waals surface area contributed by atoms with Crippen molar-refractivity contribution in [3.63, 3.8) is 0 Å². The zero-order valence-electron chi connectivity index (χ0n) is 12.9. The normalized spacial score (nSPS) is 27.7. The van der Waals surface area contributed by atoms with Crippen molar-refractivity contribution in [1.29, 1.82) is 0 Å². The number of aliphatic carboxylic acids is 1. The molecular weight excluding hydrogens is 270 g/mol. The van der Waals surface area contributed by atoms with Crippen LogP contribution in [0, 0.1) is 5.41 Å². The molecule has 0 atom stereocenters. The maximum absolute atomic E-state index is 12.2. The number of carboxylic acids is 1. The Morgan fingerprint density at radius 1 is 1.19 bits per heavy atom. The Hall–Kier alpha value is -1.10. The van der Waals surface area contributed by atoms with E-state index in [1.54, 1.807) is 0 Å². The predicted molar refractivity (Wildman–Crippen MR) is 79.0 cm³/mol. The lowest BCUT2D eigenvalue weighted by atomic mass is 9.69. The second-order valence-corrected chi connectivity index (χ2v) is 6.62. The van der Waals surface area contributed by atoms with Crippen LogP contribution in [0.1, 0.15) is 64.7 Å². The molecule has 1 amide bonds. The van der Waals surface area contributed by atoms with E-state index in [9.17, 15) is 9.59 Å². The van der Waals surface area contributed by atoms with E-state index in [-0.39, 0.29) is 29.9 Å². The molecule has 0 aromatic carbocycles. The highest BCUT2D eigenvalue weighted by molar-refractivity contribution is 5.78. The van der Waals surface area contributed by atoms with Crippen molar-refractivity contribution in [3.8, 4) is 0 Å². The van der Waals surface area contributed by atoms with Gasteiger partial charge in [0, 0.05) is 19.1 Å². The Balaban J connectivity index is 1.80. The molecule has 2 saturated carbocycles. The number of carbonyl (C=O) groups is 2. The fraction of sp³-hybridized carbons (Fsp3) is 0.875. The average molecular weight is 297 g/mol. The van der Waals surface area contributed by atoms with Crippen molar-refractivity contribution >= 4 is 11.9 Å². The van der Waals surface area contributed by atoms with Crippen molar-refractivity contribution in [3.05, 3.63) is 0 Å². The second kappa shape index (κ2) is 7.25. The van der Waals surface area contributed by atoms with E-state index in [1.165, 1.54) is 0 Å². The number of hydrogen-bond acceptors (Lipinski definition) is 3. The summed E-state index contributed by atoms with van der Waals surface area (Å²) in [5, 5.41) is 12.2. The third-order valence-corrected chi connectivity index (χ3v) is 4.84. The first-order valence-electron chi connectivity index (χ1n) is 8.16. The van der Waals surface area contributed by atoms with Gasteiger partial charge in [0.05, 0.1) is 12.5 Å². The van der Waals surface area contributed by atoms with Crippen LogP contribution in [0.3, 0.4) is 0 Å². The summed E-state index contributed by atoms with van der Waals surface area (Å²) in [6.45, 7) is 2.69. The number of carbonyl (C=O) groups excluding carboxylic acids is 1. The highest BCUT2D eigenvalue weighted by Gasteiger charge is 2.38. The lowest BCUT2D eigenvalue weighted by molar-refractivity contribution is -0.141. The molecular formula is C16H27NO4. The van der Waals surface area contributed by atoms with Gasteiger partial charge in [0.15, 0.2) is 0 Å². The molecule has 5 nitrogen and oxygen atoms in total. The van der Waals surface area contributed by atoms with E-state index < -0.39 is 5.97 Å². The van der Waals surface area contributed by atoms with Crippen LogP contribution in [0.15, 0.2) is 0 Å². The molecule has 0 saturated heterocycles. The van der Waals surface area contributed by atoms with E-state index in [0.29, 0.717) is 13.0 Å². The molecule has 120 valence electrons. The number of nitrogens with one attached hydrogen (secondary N) is 1. The minimum Gasteiger partial charge on any atom is -0.481 e. The predicted octanol–water partition coefficient (Wildman–Crippen LogP) is 2.49. The molecule has 21 heavy (non-hydrogen) atoms. The summed E-state index contributed by atoms with van der Waals surface area (Å²) >= 11 is 0. The molecule has 2 aliphatic rings. The highest BCUT2D eigenvalue weighted by atomic mass is 16.5. The molecule has 2 aliphatic carbocycles. The summed E-state index contributed by atoms with van der Waals surface area (Å²) in [6.07, 6.45) is 7.47. The second-order valence-electron chi connectivity index (χ2n) is 6.62. The maximum Gasteiger partial charge on any atom is 0.303 e. The first kappa shape index (κ1) is 16.3. The molecule has 0 radical (unpaired) electrons. The summed E-state index contributed by atoms with van der Waals surface area (Å²) in [5.41, 5.74) is -0.322. The van der Waals surface area contributed by atoms with Gasteiger partial charge >= 0.3 is 5.97 Å². The average Bonchev–Trinajstić information content (AvgIpc) is 2.36. The van der Waals surface area contributed by atoms with Crippen LogP contribution in [-0.2, 0) is 14.3 Å². The Morgan fingerprint density at radius 2 is 1.86 bits per heavy atom. The van der Waals surface area contributed by atoms with Crippen molar-refractivity contribution in [2.45, 2.75) is 76.9 Å². The number of hydrogen-bond donors (Lipinski definition) is 2. The molecule has 0 bridgehead atoms. The van der Waals surface area contributed by atoms with Crippen molar-refractivity contribution in [1.82, 2.24) is 5.32 Å². The fourth-order valence-corrected chi connectivity index (χ4v) is 3.71. The molecule has 0 unspecified atom stereocenters. The molecule has 0 spiro atoms. The van der Waals surface area contributed by atoms with E-state index in [4.69, 9.17) is 9.84 Å². The topological polar surface area (TPSA) is 75.6 Å². The van der Waals surface area contributed by atoms with Crippen molar-refractivity contribution in [2.75, 3.05) is 6.61 Å². The Kier molecular flexibility index (Phi) is 5.62. The molecule has 0 heterocycles. The summed E-state index contributed by atoms with van der Waals surface area (Å²) in [6, 6.07) is 0.208. The van der Waals surface area contributed by atoms with Gasteiger partial charge in [-0.25, -0.2) is 0 Å². The van der Waals surface area contributed by atoms with Gasteiger partial charge < -0.3 is 15.2 Å². The van der Waals surface area contributed by atoms with Gasteiger partial charge in [0.1, 0.15) is 0 Å². The lowest BCUT2D eigenvalue weighted by Gasteiger charge is -2.38. The number of rotatable bonds is 7. The molecule has 2 rings (SSSR count).